The summed E-state index contributed by atoms with van der Waals surface area (Å²) in [4.78, 5) is 0. The fraction of sp³-hybridized carbons (Fsp3) is 0.0370. The highest BCUT2D eigenvalue weighted by Crippen LogP contribution is 2.45. The van der Waals surface area contributed by atoms with Crippen molar-refractivity contribution in [3.05, 3.63) is 212 Å². The summed E-state index contributed by atoms with van der Waals surface area (Å²) < 4.78 is 0. The standard InChI is InChI=1S/C54H36/c1-2-17-41-35(13-1)14-12-26-42(41)36-27-29-37(30-28-36)53-48-22-7-9-24-50(48)54(51-25-10-8-23-49(51)53)40-16-11-15-38(33-40)39-31-32-47-45-20-4-3-18-43(45)44-19-5-6-21-46(44)52(47)34-39/h1-35,41H. The van der Waals surface area contributed by atoms with Gasteiger partial charge in [0.25, 0.3) is 0 Å². The first-order valence-corrected chi connectivity index (χ1v) is 19.0. The predicted octanol–water partition coefficient (Wildman–Crippen LogP) is 14.8. The Hall–Kier alpha value is -6.76. The Kier molecular flexibility index (Phi) is 7.10. The molecule has 11 rings (SSSR count). The van der Waals surface area contributed by atoms with E-state index in [4.69, 9.17) is 0 Å². The number of allylic oxidation sites excluding steroid dienone is 8. The maximum Gasteiger partial charge on any atom is 0.0125 e. The van der Waals surface area contributed by atoms with Gasteiger partial charge in [0.2, 0.25) is 0 Å². The first-order chi connectivity index (χ1) is 26.8. The van der Waals surface area contributed by atoms with Crippen LogP contribution in [0.3, 0.4) is 0 Å². The second-order valence-electron chi connectivity index (χ2n) is 14.7. The summed E-state index contributed by atoms with van der Waals surface area (Å²) in [5.41, 5.74) is 10.2. The molecule has 9 aromatic carbocycles. The Morgan fingerprint density at radius 1 is 0.278 bits per heavy atom. The molecule has 0 fully saturated rings. The molecule has 0 nitrogen and oxygen atoms in total. The fourth-order valence-electron chi connectivity index (χ4n) is 9.33. The van der Waals surface area contributed by atoms with E-state index in [0.29, 0.717) is 11.8 Å². The van der Waals surface area contributed by atoms with Crippen LogP contribution < -0.4 is 0 Å². The Bertz CT molecular complexity index is 3000. The van der Waals surface area contributed by atoms with Crippen LogP contribution in [0.25, 0.3) is 92.8 Å². The molecule has 2 atom stereocenters. The lowest BCUT2D eigenvalue weighted by molar-refractivity contribution is 0.678. The number of rotatable bonds is 4. The van der Waals surface area contributed by atoms with Crippen LogP contribution in [0.1, 0.15) is 5.56 Å². The molecule has 0 heterocycles. The van der Waals surface area contributed by atoms with Gasteiger partial charge in [-0.25, -0.2) is 0 Å². The number of fused-ring (bicyclic) bond motifs is 9. The number of hydrogen-bond donors (Lipinski definition) is 0. The van der Waals surface area contributed by atoms with Crippen LogP contribution in [0.2, 0.25) is 0 Å². The monoisotopic (exact) mass is 684 g/mol. The van der Waals surface area contributed by atoms with Crippen molar-refractivity contribution in [2.45, 2.75) is 0 Å². The second-order valence-corrected chi connectivity index (χ2v) is 14.7. The van der Waals surface area contributed by atoms with E-state index in [1.54, 1.807) is 0 Å². The van der Waals surface area contributed by atoms with E-state index in [0.717, 1.165) is 0 Å². The average Bonchev–Trinajstić information content (AvgIpc) is 3.25. The van der Waals surface area contributed by atoms with Crippen LogP contribution in [-0.4, -0.2) is 0 Å². The molecule has 0 spiro atoms. The Morgan fingerprint density at radius 2 is 0.722 bits per heavy atom. The Labute approximate surface area is 315 Å². The molecular weight excluding hydrogens is 649 g/mol. The molecule has 0 radical (unpaired) electrons. The smallest absolute Gasteiger partial charge is 0.0125 e. The largest absolute Gasteiger partial charge is 0.0767 e. The van der Waals surface area contributed by atoms with Crippen LogP contribution in [0.4, 0.5) is 0 Å². The minimum absolute atomic E-state index is 0.386. The first kappa shape index (κ1) is 30.8. The molecule has 0 bridgehead atoms. The lowest BCUT2D eigenvalue weighted by Crippen LogP contribution is -2.14. The van der Waals surface area contributed by atoms with E-state index in [1.165, 1.54) is 98.4 Å². The lowest BCUT2D eigenvalue weighted by atomic mass is 9.77. The van der Waals surface area contributed by atoms with Gasteiger partial charge in [0.1, 0.15) is 0 Å². The average molecular weight is 685 g/mol. The van der Waals surface area contributed by atoms with Gasteiger partial charge in [-0.1, -0.05) is 194 Å². The zero-order chi connectivity index (χ0) is 35.6. The molecule has 0 heteroatoms. The molecule has 0 saturated carbocycles. The molecule has 0 aliphatic heterocycles. The topological polar surface area (TPSA) is 0 Å². The molecule has 0 aromatic heterocycles. The number of hydrogen-bond acceptors (Lipinski definition) is 0. The van der Waals surface area contributed by atoms with E-state index in [2.05, 4.69) is 206 Å². The van der Waals surface area contributed by atoms with Gasteiger partial charge in [-0.15, -0.1) is 0 Å². The molecule has 54 heavy (non-hydrogen) atoms. The van der Waals surface area contributed by atoms with Gasteiger partial charge in [-0.05, 0) is 111 Å². The van der Waals surface area contributed by atoms with Crippen LogP contribution in [-0.2, 0) is 0 Å². The third-order valence-corrected chi connectivity index (χ3v) is 11.8. The molecule has 2 unspecified atom stereocenters. The Balaban J connectivity index is 1.06. The van der Waals surface area contributed by atoms with Gasteiger partial charge < -0.3 is 0 Å². The van der Waals surface area contributed by atoms with Gasteiger partial charge in [-0.3, -0.25) is 0 Å². The van der Waals surface area contributed by atoms with Crippen LogP contribution >= 0.6 is 0 Å². The van der Waals surface area contributed by atoms with Crippen molar-refractivity contribution in [2.75, 3.05) is 0 Å². The Morgan fingerprint density at radius 3 is 1.35 bits per heavy atom. The van der Waals surface area contributed by atoms with Gasteiger partial charge in [0.15, 0.2) is 0 Å². The van der Waals surface area contributed by atoms with E-state index < -0.39 is 0 Å². The predicted molar refractivity (Wildman–Crippen MR) is 233 cm³/mol. The maximum atomic E-state index is 2.40. The van der Waals surface area contributed by atoms with Crippen molar-refractivity contribution in [3.8, 4) is 33.4 Å². The summed E-state index contributed by atoms with van der Waals surface area (Å²) in [6.45, 7) is 0. The van der Waals surface area contributed by atoms with E-state index in [-0.39, 0.29) is 0 Å². The minimum atomic E-state index is 0.386. The molecule has 2 aliphatic carbocycles. The van der Waals surface area contributed by atoms with Crippen molar-refractivity contribution < 1.29 is 0 Å². The normalized spacial score (nSPS) is 16.4. The quantitative estimate of drug-likeness (QED) is 0.128. The molecule has 0 N–H and O–H groups in total. The van der Waals surface area contributed by atoms with E-state index in [9.17, 15) is 0 Å². The van der Waals surface area contributed by atoms with Crippen LogP contribution in [0.15, 0.2) is 206 Å². The fourth-order valence-corrected chi connectivity index (χ4v) is 9.33. The highest BCUT2D eigenvalue weighted by atomic mass is 14.3. The van der Waals surface area contributed by atoms with Crippen molar-refractivity contribution in [1.82, 2.24) is 0 Å². The van der Waals surface area contributed by atoms with Crippen LogP contribution in [0, 0.1) is 11.8 Å². The third-order valence-electron chi connectivity index (χ3n) is 11.8. The molecular formula is C54H36. The summed E-state index contributed by atoms with van der Waals surface area (Å²) in [7, 11) is 0. The highest BCUT2D eigenvalue weighted by Gasteiger charge is 2.24. The van der Waals surface area contributed by atoms with E-state index in [1.807, 2.05) is 0 Å². The molecule has 0 amide bonds. The van der Waals surface area contributed by atoms with Gasteiger partial charge >= 0.3 is 0 Å². The van der Waals surface area contributed by atoms with Crippen molar-refractivity contribution in [3.63, 3.8) is 0 Å². The third kappa shape index (κ3) is 4.84. The van der Waals surface area contributed by atoms with Crippen molar-refractivity contribution >= 4 is 59.4 Å². The van der Waals surface area contributed by atoms with Crippen molar-refractivity contribution in [2.24, 2.45) is 11.8 Å². The number of benzene rings is 9. The zero-order valence-electron chi connectivity index (χ0n) is 29.8. The summed E-state index contributed by atoms with van der Waals surface area (Å²) in [6, 6.07) is 61.0. The van der Waals surface area contributed by atoms with Gasteiger partial charge in [0, 0.05) is 11.8 Å². The molecule has 0 saturated heterocycles. The summed E-state index contributed by atoms with van der Waals surface area (Å²) in [5.74, 6) is 0.812. The van der Waals surface area contributed by atoms with Crippen LogP contribution in [0.5, 0.6) is 0 Å². The van der Waals surface area contributed by atoms with Crippen molar-refractivity contribution in [1.29, 1.82) is 0 Å². The minimum Gasteiger partial charge on any atom is -0.0767 e. The lowest BCUT2D eigenvalue weighted by Gasteiger charge is -2.27. The maximum absolute atomic E-state index is 2.40. The van der Waals surface area contributed by atoms with E-state index >= 15 is 0 Å². The first-order valence-electron chi connectivity index (χ1n) is 19.0. The molecule has 2 aliphatic rings. The summed E-state index contributed by atoms with van der Waals surface area (Å²) >= 11 is 0. The zero-order valence-corrected chi connectivity index (χ0v) is 29.8. The van der Waals surface area contributed by atoms with Gasteiger partial charge in [0.05, 0.1) is 0 Å². The summed E-state index contributed by atoms with van der Waals surface area (Å²) in [6.07, 6.45) is 15.8. The highest BCUT2D eigenvalue weighted by molar-refractivity contribution is 6.26. The second kappa shape index (κ2) is 12.4. The molecule has 252 valence electrons. The summed E-state index contributed by atoms with van der Waals surface area (Å²) in [5, 5.41) is 12.9. The SMILES string of the molecule is C1=CC2C=CC=C(c3ccc(-c4c5ccccc5c(-c5cccc(-c6ccc7c8ccccc8c8ccccc8c7c6)c5)c5ccccc45)cc3)C2C=C1. The molecule has 9 aromatic rings. The van der Waals surface area contributed by atoms with Gasteiger partial charge in [-0.2, -0.15) is 0 Å².